The Kier molecular flexibility index (Phi) is 17.4. The number of nitrogens with two attached hydrogens (primary N) is 1. The molecule has 0 aliphatic rings. The lowest BCUT2D eigenvalue weighted by Crippen LogP contribution is -2.16. The lowest BCUT2D eigenvalue weighted by atomic mass is 10.1. The van der Waals surface area contributed by atoms with Gasteiger partial charge in [-0.25, -0.2) is 24.2 Å². The molecule has 0 aliphatic carbocycles. The van der Waals surface area contributed by atoms with Gasteiger partial charge in [0.25, 0.3) is 0 Å². The highest BCUT2D eigenvalue weighted by molar-refractivity contribution is 7.12. The number of nitrogens with zero attached hydrogens (tertiary/aromatic N) is 1. The third-order valence-electron chi connectivity index (χ3n) is 5.06. The summed E-state index contributed by atoms with van der Waals surface area (Å²) in [6, 6.07) is 17.4. The number of thiophene rings is 1. The van der Waals surface area contributed by atoms with Crippen molar-refractivity contribution in [3.63, 3.8) is 0 Å². The van der Waals surface area contributed by atoms with Gasteiger partial charge in [-0.1, -0.05) is 36.4 Å². The molecule has 3 rings (SSSR count). The first-order valence-corrected chi connectivity index (χ1v) is 13.8. The Hall–Kier alpha value is -5.73. The molecule has 14 heteroatoms. The minimum absolute atomic E-state index is 0.147. The van der Waals surface area contributed by atoms with Crippen molar-refractivity contribution in [2.75, 3.05) is 20.2 Å². The first-order valence-electron chi connectivity index (χ1n) is 12.9. The number of rotatable bonds is 13. The van der Waals surface area contributed by atoms with E-state index in [-0.39, 0.29) is 5.75 Å². The van der Waals surface area contributed by atoms with Gasteiger partial charge in [-0.05, 0) is 59.8 Å². The number of nitrogens with one attached hydrogen (secondary N) is 1. The maximum atomic E-state index is 9.61. The molecule has 1 heterocycles. The van der Waals surface area contributed by atoms with Crippen LogP contribution in [0.1, 0.15) is 16.0 Å². The highest BCUT2D eigenvalue weighted by atomic mass is 32.1. The molecule has 0 saturated heterocycles. The Morgan fingerprint density at radius 2 is 1.47 bits per heavy atom. The zero-order valence-electron chi connectivity index (χ0n) is 24.1. The van der Waals surface area contributed by atoms with Crippen molar-refractivity contribution >= 4 is 52.8 Å². The van der Waals surface area contributed by atoms with Gasteiger partial charge in [-0.2, -0.15) is 0 Å². The minimum atomic E-state index is -1.26. The fraction of sp³-hybridized carbons (Fsp3) is 0.129. The highest BCUT2D eigenvalue weighted by Crippen LogP contribution is 2.26. The lowest BCUT2D eigenvalue weighted by Gasteiger charge is -2.05. The Morgan fingerprint density at radius 3 is 1.96 bits per heavy atom. The smallest absolute Gasteiger partial charge is 0.328 e. The fourth-order valence-corrected chi connectivity index (χ4v) is 3.68. The number of aliphatic carboxylic acids is 4. The predicted molar refractivity (Wildman–Crippen MR) is 170 cm³/mol. The van der Waals surface area contributed by atoms with E-state index < -0.39 is 23.9 Å². The average molecular weight is 640 g/mol. The van der Waals surface area contributed by atoms with Gasteiger partial charge in [-0.15, -0.1) is 11.3 Å². The number of amidine groups is 1. The van der Waals surface area contributed by atoms with Crippen LogP contribution in [0.4, 0.5) is 5.69 Å². The van der Waals surface area contributed by atoms with Gasteiger partial charge in [0, 0.05) is 30.8 Å². The number of methoxy groups -OCH3 is 1. The van der Waals surface area contributed by atoms with Gasteiger partial charge in [0.05, 0.1) is 17.7 Å². The van der Waals surface area contributed by atoms with Crippen LogP contribution in [0.2, 0.25) is 0 Å². The molecule has 45 heavy (non-hydrogen) atoms. The van der Waals surface area contributed by atoms with Gasteiger partial charge in [0.15, 0.2) is 11.5 Å². The summed E-state index contributed by atoms with van der Waals surface area (Å²) in [6.07, 6.45) is 7.22. The number of aliphatic imine (C=N–C) groups is 1. The molecule has 8 N–H and O–H groups in total. The summed E-state index contributed by atoms with van der Waals surface area (Å²) in [7, 11) is 1.54. The summed E-state index contributed by atoms with van der Waals surface area (Å²) in [4.78, 5) is 43.7. The van der Waals surface area contributed by atoms with E-state index in [1.54, 1.807) is 30.6 Å². The summed E-state index contributed by atoms with van der Waals surface area (Å²) >= 11 is 1.58. The van der Waals surface area contributed by atoms with E-state index in [4.69, 9.17) is 30.9 Å². The number of aromatic hydroxyl groups is 1. The second-order valence-electron chi connectivity index (χ2n) is 8.45. The van der Waals surface area contributed by atoms with E-state index in [1.165, 1.54) is 5.56 Å². The van der Waals surface area contributed by atoms with Crippen LogP contribution in [-0.4, -0.2) is 75.4 Å². The van der Waals surface area contributed by atoms with E-state index in [0.29, 0.717) is 35.9 Å². The fourth-order valence-electron chi connectivity index (χ4n) is 3.05. The van der Waals surface area contributed by atoms with Gasteiger partial charge >= 0.3 is 23.9 Å². The van der Waals surface area contributed by atoms with Crippen LogP contribution in [-0.2, 0) is 25.6 Å². The molecule has 238 valence electrons. The Morgan fingerprint density at radius 1 is 0.889 bits per heavy atom. The van der Waals surface area contributed by atoms with Crippen LogP contribution in [0, 0.1) is 0 Å². The van der Waals surface area contributed by atoms with Crippen LogP contribution in [0.3, 0.4) is 0 Å². The number of benzene rings is 2. The van der Waals surface area contributed by atoms with Gasteiger partial charge < -0.3 is 41.3 Å². The number of hydrogen-bond donors (Lipinski definition) is 7. The zero-order chi connectivity index (χ0) is 33.6. The van der Waals surface area contributed by atoms with Crippen LogP contribution in [0.5, 0.6) is 11.5 Å². The van der Waals surface area contributed by atoms with Crippen molar-refractivity contribution in [3.05, 3.63) is 106 Å². The van der Waals surface area contributed by atoms with E-state index in [9.17, 15) is 24.3 Å². The maximum Gasteiger partial charge on any atom is 0.328 e. The van der Waals surface area contributed by atoms with Crippen LogP contribution in [0.15, 0.2) is 95.3 Å². The number of carbonyl (C=O) groups is 4. The van der Waals surface area contributed by atoms with Gasteiger partial charge in [0.2, 0.25) is 0 Å². The number of phenolic OH excluding ortho intramolecular Hbond substituents is 1. The largest absolute Gasteiger partial charge is 0.504 e. The number of carboxylic acids is 4. The highest BCUT2D eigenvalue weighted by Gasteiger charge is 2.01. The summed E-state index contributed by atoms with van der Waals surface area (Å²) in [5.41, 5.74) is 9.12. The number of ether oxygens (including phenoxy) is 1. The Bertz CT molecular complexity index is 1450. The summed E-state index contributed by atoms with van der Waals surface area (Å²) in [5.74, 6) is -3.86. The minimum Gasteiger partial charge on any atom is -0.504 e. The zero-order valence-corrected chi connectivity index (χ0v) is 24.9. The molecule has 0 saturated carbocycles. The molecule has 3 aromatic rings. The number of phenols is 1. The van der Waals surface area contributed by atoms with Crippen molar-refractivity contribution in [3.8, 4) is 11.5 Å². The molecule has 0 bridgehead atoms. The quantitative estimate of drug-likeness (QED) is 0.0613. The standard InChI is InChI=1S/C23H25N3O2S.2C4H4O4/c1-28-21-16-18(8-11-20(21)27)4-2-13-25-14-12-17-6-9-19(10-7-17)26-23(24)22-5-3-15-29-22;2*5-3(6)1-2-4(7)8/h2-11,15-16,25,27H,12-14H2,1H3,(H2,24,26);2*1-2H,(H,5,6)(H,7,8)/b4-2+;2*2-1+. The molecular formula is C31H33N3O10S. The molecule has 2 aromatic carbocycles. The van der Waals surface area contributed by atoms with Crippen LogP contribution in [0.25, 0.3) is 6.08 Å². The Balaban J connectivity index is 0.000000521. The van der Waals surface area contributed by atoms with Crippen molar-refractivity contribution in [2.24, 2.45) is 10.7 Å². The molecular weight excluding hydrogens is 606 g/mol. The molecule has 0 spiro atoms. The Labute approximate surface area is 262 Å². The molecule has 13 nitrogen and oxygen atoms in total. The third-order valence-corrected chi connectivity index (χ3v) is 5.96. The molecule has 0 unspecified atom stereocenters. The molecule has 0 radical (unpaired) electrons. The lowest BCUT2D eigenvalue weighted by molar-refractivity contribution is -0.134. The summed E-state index contributed by atoms with van der Waals surface area (Å²) in [5, 5.41) is 46.2. The summed E-state index contributed by atoms with van der Waals surface area (Å²) < 4.78 is 5.11. The SMILES string of the molecule is COc1cc(/C=C/CNCCc2ccc(/N=C(\N)c3cccs3)cc2)ccc1O.O=C(O)/C=C/C(=O)O.O=C(O)/C=C/C(=O)O. The van der Waals surface area contributed by atoms with E-state index in [0.717, 1.165) is 35.6 Å². The molecule has 0 atom stereocenters. The van der Waals surface area contributed by atoms with Gasteiger partial charge in [0.1, 0.15) is 5.84 Å². The first-order chi connectivity index (χ1) is 21.4. The third kappa shape index (κ3) is 17.7. The number of hydrogen-bond acceptors (Lipinski definition) is 9. The summed E-state index contributed by atoms with van der Waals surface area (Å²) in [6.45, 7) is 1.64. The van der Waals surface area contributed by atoms with Crippen LogP contribution < -0.4 is 15.8 Å². The van der Waals surface area contributed by atoms with Crippen molar-refractivity contribution in [1.29, 1.82) is 0 Å². The normalized spacial score (nSPS) is 11.0. The van der Waals surface area contributed by atoms with Crippen molar-refractivity contribution < 1.29 is 49.4 Å². The van der Waals surface area contributed by atoms with Crippen molar-refractivity contribution in [1.82, 2.24) is 5.32 Å². The topological polar surface area (TPSA) is 229 Å². The second-order valence-corrected chi connectivity index (χ2v) is 9.40. The molecule has 1 aromatic heterocycles. The number of carboxylic acid groups (broad SMARTS) is 4. The second kappa shape index (κ2) is 21.0. The molecule has 0 fully saturated rings. The van der Waals surface area contributed by atoms with E-state index in [2.05, 4.69) is 28.5 Å². The van der Waals surface area contributed by atoms with E-state index >= 15 is 0 Å². The monoisotopic (exact) mass is 639 g/mol. The van der Waals surface area contributed by atoms with E-state index in [1.807, 2.05) is 41.8 Å². The van der Waals surface area contributed by atoms with Crippen molar-refractivity contribution in [2.45, 2.75) is 6.42 Å². The first kappa shape index (κ1) is 37.3. The predicted octanol–water partition coefficient (Wildman–Crippen LogP) is 3.77. The van der Waals surface area contributed by atoms with Gasteiger partial charge in [-0.3, -0.25) is 0 Å². The molecule has 0 aliphatic heterocycles. The van der Waals surface area contributed by atoms with Crippen LogP contribution >= 0.6 is 11.3 Å². The maximum absolute atomic E-state index is 9.61. The molecule has 0 amide bonds. The average Bonchev–Trinajstić information content (AvgIpc) is 3.55.